The van der Waals surface area contributed by atoms with Gasteiger partial charge >= 0.3 is 0 Å². The minimum absolute atomic E-state index is 0.156. The highest BCUT2D eigenvalue weighted by Crippen LogP contribution is 2.23. The Hall–Kier alpha value is -3.30. The molecule has 1 amide bonds. The molecule has 9 heteroatoms. The van der Waals surface area contributed by atoms with Crippen molar-refractivity contribution in [3.05, 3.63) is 90.0 Å². The zero-order valence-corrected chi connectivity index (χ0v) is 17.9. The Morgan fingerprint density at radius 1 is 0.844 bits per heavy atom. The molecule has 0 unspecified atom stereocenters. The van der Waals surface area contributed by atoms with Crippen LogP contribution in [0, 0.1) is 11.6 Å². The largest absolute Gasteiger partial charge is 0.369 e. The highest BCUT2D eigenvalue weighted by molar-refractivity contribution is 7.89. The maximum absolute atomic E-state index is 14.3. The van der Waals surface area contributed by atoms with E-state index in [1.807, 2.05) is 30.3 Å². The SMILES string of the molecule is O=C(Nc1ccc(F)cc1)c1cc(S(=O)(=O)N2CCN(c3ccccc3)CC2)ccc1F. The fraction of sp³-hybridized carbons (Fsp3) is 0.174. The van der Waals surface area contributed by atoms with E-state index in [0.29, 0.717) is 13.1 Å². The molecule has 0 aromatic heterocycles. The smallest absolute Gasteiger partial charge is 0.258 e. The van der Waals surface area contributed by atoms with E-state index in [1.165, 1.54) is 16.4 Å². The molecule has 1 aliphatic rings. The molecule has 0 saturated carbocycles. The third kappa shape index (κ3) is 4.63. The molecule has 1 heterocycles. The second-order valence-corrected chi connectivity index (χ2v) is 9.27. The average Bonchev–Trinajstić information content (AvgIpc) is 2.81. The van der Waals surface area contributed by atoms with Gasteiger partial charge in [-0.2, -0.15) is 4.31 Å². The normalized spacial score (nSPS) is 14.9. The van der Waals surface area contributed by atoms with Crippen molar-refractivity contribution >= 4 is 27.3 Å². The quantitative estimate of drug-likeness (QED) is 0.634. The van der Waals surface area contributed by atoms with E-state index >= 15 is 0 Å². The first-order valence-corrected chi connectivity index (χ1v) is 11.5. The maximum atomic E-state index is 14.3. The molecule has 0 aliphatic carbocycles. The molecule has 1 aliphatic heterocycles. The van der Waals surface area contributed by atoms with Crippen molar-refractivity contribution < 1.29 is 22.0 Å². The molecule has 0 bridgehead atoms. The number of halogens is 2. The summed E-state index contributed by atoms with van der Waals surface area (Å²) >= 11 is 0. The summed E-state index contributed by atoms with van der Waals surface area (Å²) in [5, 5.41) is 2.45. The predicted octanol–water partition coefficient (Wildman–Crippen LogP) is 3.73. The molecule has 3 aromatic carbocycles. The van der Waals surface area contributed by atoms with Gasteiger partial charge in [0, 0.05) is 37.6 Å². The highest BCUT2D eigenvalue weighted by Gasteiger charge is 2.29. The van der Waals surface area contributed by atoms with Gasteiger partial charge in [-0.05, 0) is 54.6 Å². The predicted molar refractivity (Wildman–Crippen MR) is 118 cm³/mol. The summed E-state index contributed by atoms with van der Waals surface area (Å²) in [5.74, 6) is -2.15. The Labute approximate surface area is 185 Å². The number of hydrogen-bond donors (Lipinski definition) is 1. The van der Waals surface area contributed by atoms with Crippen LogP contribution >= 0.6 is 0 Å². The number of hydrogen-bond acceptors (Lipinski definition) is 4. The summed E-state index contributed by atoms with van der Waals surface area (Å²) in [5.41, 5.74) is 0.880. The number of piperazine rings is 1. The summed E-state index contributed by atoms with van der Waals surface area (Å²) < 4.78 is 54.9. The molecular formula is C23H21F2N3O3S. The number of amides is 1. The highest BCUT2D eigenvalue weighted by atomic mass is 32.2. The zero-order chi connectivity index (χ0) is 22.7. The lowest BCUT2D eigenvalue weighted by Gasteiger charge is -2.35. The van der Waals surface area contributed by atoms with E-state index < -0.39 is 33.1 Å². The van der Waals surface area contributed by atoms with Gasteiger partial charge in [-0.1, -0.05) is 18.2 Å². The topological polar surface area (TPSA) is 69.7 Å². The summed E-state index contributed by atoms with van der Waals surface area (Å²) in [7, 11) is -3.91. The zero-order valence-electron chi connectivity index (χ0n) is 17.0. The molecular weight excluding hydrogens is 436 g/mol. The molecule has 0 atom stereocenters. The monoisotopic (exact) mass is 457 g/mol. The van der Waals surface area contributed by atoms with E-state index in [9.17, 15) is 22.0 Å². The lowest BCUT2D eigenvalue weighted by molar-refractivity contribution is 0.102. The fourth-order valence-electron chi connectivity index (χ4n) is 3.55. The number of rotatable bonds is 5. The number of benzene rings is 3. The van der Waals surface area contributed by atoms with Gasteiger partial charge in [-0.25, -0.2) is 17.2 Å². The van der Waals surface area contributed by atoms with Crippen LogP contribution in [0.1, 0.15) is 10.4 Å². The van der Waals surface area contributed by atoms with Crippen molar-refractivity contribution in [3.63, 3.8) is 0 Å². The van der Waals surface area contributed by atoms with Gasteiger partial charge in [0.2, 0.25) is 10.0 Å². The molecule has 3 aromatic rings. The van der Waals surface area contributed by atoms with Crippen LogP contribution < -0.4 is 10.2 Å². The van der Waals surface area contributed by atoms with Crippen LogP contribution in [0.3, 0.4) is 0 Å². The summed E-state index contributed by atoms with van der Waals surface area (Å²) in [4.78, 5) is 14.5. The second-order valence-electron chi connectivity index (χ2n) is 7.33. The number of carbonyl (C=O) groups excluding carboxylic acids is 1. The number of sulfonamides is 1. The van der Waals surface area contributed by atoms with Crippen molar-refractivity contribution in [2.24, 2.45) is 0 Å². The Kier molecular flexibility index (Phi) is 6.20. The van der Waals surface area contributed by atoms with Gasteiger partial charge in [0.1, 0.15) is 11.6 Å². The number of carbonyl (C=O) groups is 1. The van der Waals surface area contributed by atoms with E-state index in [1.54, 1.807) is 0 Å². The lowest BCUT2D eigenvalue weighted by atomic mass is 10.2. The standard InChI is InChI=1S/C23H21F2N3O3S/c24-17-6-8-18(9-7-17)26-23(29)21-16-20(10-11-22(21)25)32(30,31)28-14-12-27(13-15-28)19-4-2-1-3-5-19/h1-11,16H,12-15H2,(H,26,29). The lowest BCUT2D eigenvalue weighted by Crippen LogP contribution is -2.48. The van der Waals surface area contributed by atoms with Crippen molar-refractivity contribution in [2.45, 2.75) is 4.90 Å². The van der Waals surface area contributed by atoms with Gasteiger partial charge in [0.25, 0.3) is 5.91 Å². The summed E-state index contributed by atoms with van der Waals surface area (Å²) in [6.07, 6.45) is 0. The Morgan fingerprint density at radius 3 is 2.16 bits per heavy atom. The van der Waals surface area contributed by atoms with E-state index in [4.69, 9.17) is 0 Å². The van der Waals surface area contributed by atoms with Crippen LogP contribution in [0.15, 0.2) is 77.7 Å². The van der Waals surface area contributed by atoms with Crippen LogP contribution in [0.5, 0.6) is 0 Å². The third-order valence-electron chi connectivity index (χ3n) is 5.28. The van der Waals surface area contributed by atoms with E-state index in [2.05, 4.69) is 10.2 Å². The van der Waals surface area contributed by atoms with E-state index in [0.717, 1.165) is 36.0 Å². The Bertz CT molecular complexity index is 1210. The van der Waals surface area contributed by atoms with Crippen LogP contribution in [0.25, 0.3) is 0 Å². The van der Waals surface area contributed by atoms with Crippen LogP contribution in [-0.2, 0) is 10.0 Å². The van der Waals surface area contributed by atoms with Gasteiger partial charge < -0.3 is 10.2 Å². The Balaban J connectivity index is 1.50. The molecule has 1 N–H and O–H groups in total. The van der Waals surface area contributed by atoms with Gasteiger partial charge in [-0.15, -0.1) is 0 Å². The van der Waals surface area contributed by atoms with Crippen LogP contribution in [0.2, 0.25) is 0 Å². The van der Waals surface area contributed by atoms with E-state index in [-0.39, 0.29) is 23.7 Å². The molecule has 0 spiro atoms. The second kappa shape index (κ2) is 9.05. The van der Waals surface area contributed by atoms with Gasteiger partial charge in [0.15, 0.2) is 0 Å². The minimum Gasteiger partial charge on any atom is -0.369 e. The summed E-state index contributed by atoms with van der Waals surface area (Å²) in [6.45, 7) is 1.57. The third-order valence-corrected chi connectivity index (χ3v) is 7.18. The van der Waals surface area contributed by atoms with Crippen molar-refractivity contribution in [2.75, 3.05) is 36.4 Å². The minimum atomic E-state index is -3.91. The van der Waals surface area contributed by atoms with Gasteiger partial charge in [-0.3, -0.25) is 4.79 Å². The average molecular weight is 458 g/mol. The maximum Gasteiger partial charge on any atom is 0.258 e. The van der Waals surface area contributed by atoms with Crippen molar-refractivity contribution in [1.82, 2.24) is 4.31 Å². The molecule has 4 rings (SSSR count). The molecule has 0 radical (unpaired) electrons. The number of para-hydroxylation sites is 1. The first-order valence-electron chi connectivity index (χ1n) is 10.0. The first-order chi connectivity index (χ1) is 15.3. The van der Waals surface area contributed by atoms with Crippen LogP contribution in [-0.4, -0.2) is 44.8 Å². The number of anilines is 2. The van der Waals surface area contributed by atoms with Crippen molar-refractivity contribution in [3.8, 4) is 0 Å². The number of nitrogens with zero attached hydrogens (tertiary/aromatic N) is 2. The molecule has 6 nitrogen and oxygen atoms in total. The molecule has 1 fully saturated rings. The number of nitrogens with one attached hydrogen (secondary N) is 1. The Morgan fingerprint density at radius 2 is 1.50 bits per heavy atom. The van der Waals surface area contributed by atoms with Crippen LogP contribution in [0.4, 0.5) is 20.2 Å². The molecule has 32 heavy (non-hydrogen) atoms. The fourth-order valence-corrected chi connectivity index (χ4v) is 4.99. The molecule has 1 saturated heterocycles. The first kappa shape index (κ1) is 21.9. The molecule has 166 valence electrons. The van der Waals surface area contributed by atoms with Crippen molar-refractivity contribution in [1.29, 1.82) is 0 Å². The van der Waals surface area contributed by atoms with Gasteiger partial charge in [0.05, 0.1) is 10.5 Å². The summed E-state index contributed by atoms with van der Waals surface area (Å²) in [6, 6.07) is 17.8.